The molecule has 0 N–H and O–H groups in total. The summed E-state index contributed by atoms with van der Waals surface area (Å²) in [6.07, 6.45) is 0. The minimum atomic E-state index is 0. The molecule has 0 aromatic rings. The first-order chi connectivity index (χ1) is 2.80. The summed E-state index contributed by atoms with van der Waals surface area (Å²) in [7, 11) is 0. The van der Waals surface area contributed by atoms with Crippen LogP contribution in [-0.2, 0) is 27.3 Å². The molecular formula is C3H5CdNS2+2. The van der Waals surface area contributed by atoms with E-state index in [-0.39, 0.29) is 27.3 Å². The van der Waals surface area contributed by atoms with Crippen molar-refractivity contribution >= 4 is 29.2 Å². The van der Waals surface area contributed by atoms with Gasteiger partial charge in [0, 0.05) is 13.1 Å². The molecule has 0 radical (unpaired) electrons. The zero-order chi connectivity index (χ0) is 4.57. The van der Waals surface area contributed by atoms with Crippen LogP contribution in [0.4, 0.5) is 0 Å². The van der Waals surface area contributed by atoms with Crippen LogP contribution in [0, 0.1) is 0 Å². The predicted molar refractivity (Wildman–Crippen MR) is 33.2 cm³/mol. The zero-order valence-electron chi connectivity index (χ0n) is 3.92. The minimum Gasteiger partial charge on any atom is -0.354 e. The Morgan fingerprint density at radius 1 is 1.57 bits per heavy atom. The van der Waals surface area contributed by atoms with Gasteiger partial charge in [0.2, 0.25) is 0 Å². The molecule has 0 amide bonds. The number of thiocarbonyl (C=S) groups is 1. The van der Waals surface area contributed by atoms with Gasteiger partial charge in [-0.25, -0.2) is 0 Å². The molecular weight excluding hydrogens is 227 g/mol. The second-order valence-electron chi connectivity index (χ2n) is 1.27. The smallest absolute Gasteiger partial charge is 0.354 e. The molecule has 34 valence electrons. The maximum atomic E-state index is 4.67. The molecule has 1 saturated heterocycles. The summed E-state index contributed by atoms with van der Waals surface area (Å²) >= 11 is 8.58. The molecule has 0 aromatic heterocycles. The van der Waals surface area contributed by atoms with Crippen LogP contribution in [0.3, 0.4) is 0 Å². The Hall–Kier alpha value is 1.16. The Kier molecular flexibility index (Phi) is 3.78. The Morgan fingerprint density at radius 3 is 2.00 bits per heavy atom. The largest absolute Gasteiger partial charge is 2.00 e. The van der Waals surface area contributed by atoms with Gasteiger partial charge in [-0.1, -0.05) is 12.2 Å². The van der Waals surface area contributed by atoms with Gasteiger partial charge in [-0.15, -0.1) is 12.6 Å². The second kappa shape index (κ2) is 3.24. The molecule has 1 nitrogen and oxygen atoms in total. The van der Waals surface area contributed by atoms with Crippen LogP contribution in [-0.4, -0.2) is 22.3 Å². The van der Waals surface area contributed by atoms with Crippen molar-refractivity contribution in [1.82, 2.24) is 4.90 Å². The van der Waals surface area contributed by atoms with Crippen molar-refractivity contribution in [2.75, 3.05) is 13.1 Å². The summed E-state index contributed by atoms with van der Waals surface area (Å²) < 4.78 is 0.731. The molecule has 0 atom stereocenters. The second-order valence-corrected chi connectivity index (χ2v) is 2.38. The summed E-state index contributed by atoms with van der Waals surface area (Å²) in [5, 5.41) is 0. The maximum absolute atomic E-state index is 4.67. The van der Waals surface area contributed by atoms with E-state index < -0.39 is 0 Å². The van der Waals surface area contributed by atoms with Gasteiger partial charge in [0.15, 0.2) is 0 Å². The van der Waals surface area contributed by atoms with E-state index in [0.29, 0.717) is 0 Å². The molecule has 0 saturated carbocycles. The number of hydrogen-bond donors (Lipinski definition) is 1. The number of nitrogens with zero attached hydrogens (tertiary/aromatic N) is 1. The molecule has 7 heavy (non-hydrogen) atoms. The van der Waals surface area contributed by atoms with E-state index in [2.05, 4.69) is 24.8 Å². The van der Waals surface area contributed by atoms with Crippen LogP contribution in [0.2, 0.25) is 0 Å². The Balaban J connectivity index is 0.000000360. The van der Waals surface area contributed by atoms with Gasteiger partial charge in [-0.2, -0.15) is 0 Å². The van der Waals surface area contributed by atoms with E-state index in [1.807, 2.05) is 4.90 Å². The standard InChI is InChI=1S/C3H5NS2.Cd/c5-3(6)4-1-2-4;/h1-2H2,(H,5,6);/q;+2. The molecule has 0 aliphatic carbocycles. The topological polar surface area (TPSA) is 3.01 Å². The molecule has 0 spiro atoms. The third kappa shape index (κ3) is 2.86. The fraction of sp³-hybridized carbons (Fsp3) is 0.667. The summed E-state index contributed by atoms with van der Waals surface area (Å²) in [6.45, 7) is 2.23. The number of rotatable bonds is 0. The summed E-state index contributed by atoms with van der Waals surface area (Å²) in [5.74, 6) is 0. The third-order valence-electron chi connectivity index (χ3n) is 0.718. The van der Waals surface area contributed by atoms with Gasteiger partial charge in [-0.05, 0) is 0 Å². The molecule has 1 fully saturated rings. The Bertz CT molecular complexity index is 81.0. The van der Waals surface area contributed by atoms with E-state index in [0.717, 1.165) is 17.4 Å². The van der Waals surface area contributed by atoms with E-state index in [1.165, 1.54) is 0 Å². The quantitative estimate of drug-likeness (QED) is 0.280. The van der Waals surface area contributed by atoms with Crippen molar-refractivity contribution in [3.8, 4) is 0 Å². The average molecular weight is 232 g/mol. The molecule has 4 heteroatoms. The molecule has 1 aliphatic rings. The fourth-order valence-electron chi connectivity index (χ4n) is 0.241. The van der Waals surface area contributed by atoms with Gasteiger partial charge < -0.3 is 4.90 Å². The molecule has 0 aromatic carbocycles. The summed E-state index contributed by atoms with van der Waals surface area (Å²) in [4.78, 5) is 2.01. The van der Waals surface area contributed by atoms with Crippen molar-refractivity contribution in [3.05, 3.63) is 0 Å². The van der Waals surface area contributed by atoms with Gasteiger partial charge in [0.1, 0.15) is 4.32 Å². The third-order valence-corrected chi connectivity index (χ3v) is 1.26. The van der Waals surface area contributed by atoms with Crippen molar-refractivity contribution < 1.29 is 27.3 Å². The van der Waals surface area contributed by atoms with Crippen molar-refractivity contribution in [2.24, 2.45) is 0 Å². The normalized spacial score (nSPS) is 15.3. The van der Waals surface area contributed by atoms with Gasteiger partial charge in [0.25, 0.3) is 0 Å². The Morgan fingerprint density at radius 2 is 2.00 bits per heavy atom. The number of hydrogen-bond acceptors (Lipinski definition) is 1. The monoisotopic (exact) mass is 233 g/mol. The summed E-state index contributed by atoms with van der Waals surface area (Å²) in [6, 6.07) is 0. The molecule has 0 unspecified atom stereocenters. The maximum Gasteiger partial charge on any atom is 2.00 e. The van der Waals surface area contributed by atoms with Gasteiger partial charge >= 0.3 is 27.3 Å². The zero-order valence-corrected chi connectivity index (χ0v) is 9.67. The van der Waals surface area contributed by atoms with E-state index in [1.54, 1.807) is 0 Å². The van der Waals surface area contributed by atoms with Crippen molar-refractivity contribution in [1.29, 1.82) is 0 Å². The van der Waals surface area contributed by atoms with Crippen LogP contribution in [0.15, 0.2) is 0 Å². The average Bonchev–Trinajstić information content (AvgIpc) is 2.06. The molecule has 1 aliphatic heterocycles. The van der Waals surface area contributed by atoms with Crippen molar-refractivity contribution in [2.45, 2.75) is 0 Å². The van der Waals surface area contributed by atoms with Crippen LogP contribution >= 0.6 is 24.8 Å². The fourth-order valence-corrected chi connectivity index (χ4v) is 0.624. The van der Waals surface area contributed by atoms with E-state index in [4.69, 9.17) is 0 Å². The molecule has 0 bridgehead atoms. The van der Waals surface area contributed by atoms with Crippen LogP contribution in [0.5, 0.6) is 0 Å². The SMILES string of the molecule is S=C(S)N1CC1.[Cd+2]. The van der Waals surface area contributed by atoms with Crippen LogP contribution in [0.25, 0.3) is 0 Å². The first-order valence-corrected chi connectivity index (χ1v) is 2.64. The van der Waals surface area contributed by atoms with Crippen LogP contribution in [0.1, 0.15) is 0 Å². The number of thiol groups is 1. The van der Waals surface area contributed by atoms with Crippen molar-refractivity contribution in [3.63, 3.8) is 0 Å². The van der Waals surface area contributed by atoms with E-state index in [9.17, 15) is 0 Å². The minimum absolute atomic E-state index is 0. The van der Waals surface area contributed by atoms with Crippen LogP contribution < -0.4 is 0 Å². The summed E-state index contributed by atoms with van der Waals surface area (Å²) in [5.41, 5.74) is 0. The van der Waals surface area contributed by atoms with Gasteiger partial charge in [0.05, 0.1) is 0 Å². The van der Waals surface area contributed by atoms with Gasteiger partial charge in [-0.3, -0.25) is 0 Å². The molecule has 1 rings (SSSR count). The molecule has 1 heterocycles. The predicted octanol–water partition coefficient (Wildman–Crippen LogP) is 0.514. The Labute approximate surface area is 74.0 Å². The van der Waals surface area contributed by atoms with E-state index >= 15 is 0 Å². The first kappa shape index (κ1) is 8.16. The first-order valence-electron chi connectivity index (χ1n) is 1.78.